The zero-order chi connectivity index (χ0) is 14.6. The molecule has 0 aliphatic heterocycles. The van der Waals surface area contributed by atoms with Gasteiger partial charge in [0, 0.05) is 12.6 Å². The number of amides is 1. The monoisotopic (exact) mass is 276 g/mol. The lowest BCUT2D eigenvalue weighted by molar-refractivity contribution is -0.387. The number of benzene rings is 1. The maximum atomic E-state index is 13.4. The van der Waals surface area contributed by atoms with Gasteiger partial charge in [-0.3, -0.25) is 14.9 Å². The first-order valence-corrected chi connectivity index (χ1v) is 5.50. The predicted molar refractivity (Wildman–Crippen MR) is 60.2 cm³/mol. The molecule has 1 aromatic carbocycles. The molecule has 1 N–H and O–H groups in total. The summed E-state index contributed by atoms with van der Waals surface area (Å²) in [5, 5.41) is 12.7. The van der Waals surface area contributed by atoms with E-state index < -0.39 is 39.5 Å². The Morgan fingerprint density at radius 3 is 2.47 bits per heavy atom. The highest BCUT2D eigenvalue weighted by Gasteiger charge is 2.28. The van der Waals surface area contributed by atoms with Crippen LogP contribution in [0.3, 0.4) is 0 Å². The van der Waals surface area contributed by atoms with Gasteiger partial charge >= 0.3 is 5.69 Å². The van der Waals surface area contributed by atoms with Gasteiger partial charge in [-0.15, -0.1) is 0 Å². The van der Waals surface area contributed by atoms with E-state index >= 15 is 0 Å². The topological polar surface area (TPSA) is 72.2 Å². The van der Waals surface area contributed by atoms with E-state index in [4.69, 9.17) is 0 Å². The van der Waals surface area contributed by atoms with E-state index in [1.165, 1.54) is 0 Å². The van der Waals surface area contributed by atoms with Gasteiger partial charge in [0.15, 0.2) is 5.82 Å². The molecular formula is C11H11F3N2O3. The van der Waals surface area contributed by atoms with Crippen molar-refractivity contribution in [1.29, 1.82) is 0 Å². The lowest BCUT2D eigenvalue weighted by atomic mass is 10.1. The number of unbranched alkanes of at least 4 members (excludes halogenated alkanes) is 1. The fraction of sp³-hybridized carbons (Fsp3) is 0.364. The molecular weight excluding hydrogens is 265 g/mol. The highest BCUT2D eigenvalue weighted by atomic mass is 19.2. The summed E-state index contributed by atoms with van der Waals surface area (Å²) in [6.07, 6.45) is 1.37. The third kappa shape index (κ3) is 3.21. The van der Waals surface area contributed by atoms with Crippen molar-refractivity contribution in [2.45, 2.75) is 19.8 Å². The van der Waals surface area contributed by atoms with Crippen LogP contribution in [0.2, 0.25) is 0 Å². The summed E-state index contributed by atoms with van der Waals surface area (Å²) in [6, 6.07) is 0.384. The highest BCUT2D eigenvalue weighted by molar-refractivity contribution is 5.95. The molecule has 0 aromatic heterocycles. The van der Waals surface area contributed by atoms with E-state index in [2.05, 4.69) is 5.32 Å². The first kappa shape index (κ1) is 14.9. The van der Waals surface area contributed by atoms with Crippen molar-refractivity contribution in [2.75, 3.05) is 6.54 Å². The second kappa shape index (κ2) is 6.17. The predicted octanol–water partition coefficient (Wildman–Crippen LogP) is 2.54. The number of carbonyl (C=O) groups is 1. The van der Waals surface area contributed by atoms with Gasteiger partial charge in [-0.1, -0.05) is 13.3 Å². The standard InChI is InChI=1S/C11H11F3N2O3/c1-2-3-4-15-11(17)6-5-7(16(18)19)9(13)10(14)8(6)12/h5H,2-4H2,1H3,(H,15,17). The average molecular weight is 276 g/mol. The van der Waals surface area contributed by atoms with E-state index in [1.54, 1.807) is 0 Å². The van der Waals surface area contributed by atoms with Gasteiger partial charge in [-0.25, -0.2) is 8.78 Å². The summed E-state index contributed by atoms with van der Waals surface area (Å²) in [5.41, 5.74) is -2.17. The molecule has 0 aliphatic rings. The number of hydrogen-bond donors (Lipinski definition) is 1. The van der Waals surface area contributed by atoms with Crippen LogP contribution in [0.1, 0.15) is 30.1 Å². The van der Waals surface area contributed by atoms with Crippen molar-refractivity contribution >= 4 is 11.6 Å². The van der Waals surface area contributed by atoms with Gasteiger partial charge in [-0.2, -0.15) is 4.39 Å². The number of rotatable bonds is 5. The van der Waals surface area contributed by atoms with Crippen LogP contribution >= 0.6 is 0 Å². The maximum absolute atomic E-state index is 13.4. The number of nitro groups is 1. The molecule has 0 unspecified atom stereocenters. The zero-order valence-electron chi connectivity index (χ0n) is 10.0. The van der Waals surface area contributed by atoms with E-state index in [9.17, 15) is 28.1 Å². The quantitative estimate of drug-likeness (QED) is 0.389. The number of nitrogens with zero attached hydrogens (tertiary/aromatic N) is 1. The second-order valence-corrected chi connectivity index (χ2v) is 3.75. The summed E-state index contributed by atoms with van der Waals surface area (Å²) in [7, 11) is 0. The first-order valence-electron chi connectivity index (χ1n) is 5.50. The van der Waals surface area contributed by atoms with Crippen molar-refractivity contribution in [2.24, 2.45) is 0 Å². The van der Waals surface area contributed by atoms with E-state index in [0.717, 1.165) is 6.42 Å². The molecule has 0 heterocycles. The molecule has 8 heteroatoms. The molecule has 104 valence electrons. The van der Waals surface area contributed by atoms with Crippen LogP contribution < -0.4 is 5.32 Å². The largest absolute Gasteiger partial charge is 0.352 e. The van der Waals surface area contributed by atoms with E-state index in [-0.39, 0.29) is 6.54 Å². The highest BCUT2D eigenvalue weighted by Crippen LogP contribution is 2.25. The Balaban J connectivity index is 3.14. The van der Waals surface area contributed by atoms with Crippen LogP contribution in [-0.2, 0) is 0 Å². The Labute approximate surface area is 106 Å². The third-order valence-electron chi connectivity index (χ3n) is 2.39. The number of nitrogens with one attached hydrogen (secondary N) is 1. The molecule has 1 rings (SSSR count). The molecule has 1 amide bonds. The Morgan fingerprint density at radius 1 is 1.32 bits per heavy atom. The Bertz CT molecular complexity index is 520. The van der Waals surface area contributed by atoms with Crippen molar-refractivity contribution in [3.8, 4) is 0 Å². The van der Waals surface area contributed by atoms with E-state index in [1.807, 2.05) is 6.92 Å². The van der Waals surface area contributed by atoms with Crippen LogP contribution in [0.15, 0.2) is 6.07 Å². The molecule has 19 heavy (non-hydrogen) atoms. The summed E-state index contributed by atoms with van der Waals surface area (Å²) < 4.78 is 39.6. The Hall–Kier alpha value is -2.12. The number of nitro benzene ring substituents is 1. The third-order valence-corrected chi connectivity index (χ3v) is 2.39. The SMILES string of the molecule is CCCCNC(=O)c1cc([N+](=O)[O-])c(F)c(F)c1F. The molecule has 0 atom stereocenters. The van der Waals surface area contributed by atoms with Gasteiger partial charge in [0.2, 0.25) is 11.6 Å². The zero-order valence-corrected chi connectivity index (χ0v) is 10.0. The van der Waals surface area contributed by atoms with Crippen LogP contribution in [0, 0.1) is 27.6 Å². The number of halogens is 3. The van der Waals surface area contributed by atoms with Gasteiger partial charge in [0.1, 0.15) is 0 Å². The second-order valence-electron chi connectivity index (χ2n) is 3.75. The smallest absolute Gasteiger partial charge is 0.308 e. The summed E-state index contributed by atoms with van der Waals surface area (Å²) >= 11 is 0. The Morgan fingerprint density at radius 2 is 1.95 bits per heavy atom. The first-order chi connectivity index (χ1) is 8.90. The van der Waals surface area contributed by atoms with Crippen molar-refractivity contribution < 1.29 is 22.9 Å². The normalized spacial score (nSPS) is 10.3. The van der Waals surface area contributed by atoms with Crippen LogP contribution in [0.4, 0.5) is 18.9 Å². The molecule has 0 saturated heterocycles. The van der Waals surface area contributed by atoms with Gasteiger partial charge in [0.05, 0.1) is 10.5 Å². The minimum atomic E-state index is -2.03. The molecule has 0 bridgehead atoms. The summed E-state index contributed by atoms with van der Waals surface area (Å²) in [4.78, 5) is 20.8. The maximum Gasteiger partial charge on any atom is 0.308 e. The van der Waals surface area contributed by atoms with E-state index in [0.29, 0.717) is 12.5 Å². The molecule has 0 saturated carbocycles. The molecule has 0 spiro atoms. The average Bonchev–Trinajstić information content (AvgIpc) is 2.36. The minimum absolute atomic E-state index is 0.210. The minimum Gasteiger partial charge on any atom is -0.352 e. The molecule has 0 radical (unpaired) electrons. The summed E-state index contributed by atoms with van der Waals surface area (Å²) in [6.45, 7) is 2.07. The van der Waals surface area contributed by atoms with Crippen LogP contribution in [0.5, 0.6) is 0 Å². The molecule has 0 aliphatic carbocycles. The van der Waals surface area contributed by atoms with Crippen molar-refractivity contribution in [3.05, 3.63) is 39.2 Å². The van der Waals surface area contributed by atoms with Crippen molar-refractivity contribution in [3.63, 3.8) is 0 Å². The Kier molecular flexibility index (Phi) is 4.85. The van der Waals surface area contributed by atoms with Gasteiger partial charge in [0.25, 0.3) is 5.91 Å². The van der Waals surface area contributed by atoms with Gasteiger partial charge < -0.3 is 5.32 Å². The van der Waals surface area contributed by atoms with Crippen molar-refractivity contribution in [1.82, 2.24) is 5.32 Å². The number of carbonyl (C=O) groups excluding carboxylic acids is 1. The summed E-state index contributed by atoms with van der Waals surface area (Å²) in [5.74, 6) is -6.72. The molecule has 0 fully saturated rings. The fourth-order valence-electron chi connectivity index (χ4n) is 1.36. The molecule has 1 aromatic rings. The lowest BCUT2D eigenvalue weighted by Gasteiger charge is -2.06. The van der Waals surface area contributed by atoms with Crippen LogP contribution in [-0.4, -0.2) is 17.4 Å². The number of hydrogen-bond acceptors (Lipinski definition) is 3. The van der Waals surface area contributed by atoms with Gasteiger partial charge in [-0.05, 0) is 6.42 Å². The van der Waals surface area contributed by atoms with Crippen LogP contribution in [0.25, 0.3) is 0 Å². The fourth-order valence-corrected chi connectivity index (χ4v) is 1.36. The molecule has 5 nitrogen and oxygen atoms in total. The lowest BCUT2D eigenvalue weighted by Crippen LogP contribution is -2.26.